The SMILES string of the molecule is O=C(COc1ccc(Cl)cc1Br)N/N=C\c1cc(Br)cc(Br)c1OC(=O)c1ccccc1. The first-order chi connectivity index (χ1) is 15.3. The Balaban J connectivity index is 1.66. The lowest BCUT2D eigenvalue weighted by atomic mass is 10.2. The molecule has 164 valence electrons. The van der Waals surface area contributed by atoms with Crippen molar-refractivity contribution in [2.45, 2.75) is 0 Å². The second kappa shape index (κ2) is 11.6. The summed E-state index contributed by atoms with van der Waals surface area (Å²) in [6, 6.07) is 17.0. The van der Waals surface area contributed by atoms with E-state index in [0.29, 0.717) is 30.8 Å². The Morgan fingerprint density at radius 2 is 1.75 bits per heavy atom. The van der Waals surface area contributed by atoms with Crippen LogP contribution >= 0.6 is 59.4 Å². The van der Waals surface area contributed by atoms with Crippen molar-refractivity contribution in [3.8, 4) is 11.5 Å². The third-order valence-electron chi connectivity index (χ3n) is 3.89. The zero-order valence-corrected chi connectivity index (χ0v) is 21.7. The van der Waals surface area contributed by atoms with Crippen LogP contribution in [0.15, 0.2) is 79.2 Å². The molecule has 0 saturated heterocycles. The zero-order chi connectivity index (χ0) is 23.1. The van der Waals surface area contributed by atoms with Crippen LogP contribution in [-0.2, 0) is 4.79 Å². The fourth-order valence-electron chi connectivity index (χ4n) is 2.45. The van der Waals surface area contributed by atoms with Crippen LogP contribution in [0.25, 0.3) is 0 Å². The number of carbonyl (C=O) groups is 2. The minimum absolute atomic E-state index is 0.254. The molecular weight excluding hydrogens is 631 g/mol. The number of rotatable bonds is 7. The Morgan fingerprint density at radius 3 is 2.47 bits per heavy atom. The molecule has 0 aliphatic rings. The number of hydrogen-bond acceptors (Lipinski definition) is 5. The van der Waals surface area contributed by atoms with Gasteiger partial charge in [-0.3, -0.25) is 4.79 Å². The molecular formula is C22H14Br3ClN2O4. The first-order valence-electron chi connectivity index (χ1n) is 8.99. The summed E-state index contributed by atoms with van der Waals surface area (Å²) in [7, 11) is 0. The maximum absolute atomic E-state index is 12.5. The van der Waals surface area contributed by atoms with Crippen LogP contribution in [0.2, 0.25) is 5.02 Å². The van der Waals surface area contributed by atoms with E-state index < -0.39 is 11.9 Å². The van der Waals surface area contributed by atoms with Gasteiger partial charge in [-0.25, -0.2) is 10.2 Å². The largest absolute Gasteiger partial charge is 0.483 e. The van der Waals surface area contributed by atoms with E-state index in [1.165, 1.54) is 6.21 Å². The molecule has 3 rings (SSSR count). The molecule has 3 aromatic carbocycles. The van der Waals surface area contributed by atoms with E-state index in [0.717, 1.165) is 4.47 Å². The predicted octanol–water partition coefficient (Wildman–Crippen LogP) is 6.38. The van der Waals surface area contributed by atoms with Gasteiger partial charge in [0.2, 0.25) is 0 Å². The quantitative estimate of drug-likeness (QED) is 0.140. The molecule has 32 heavy (non-hydrogen) atoms. The smallest absolute Gasteiger partial charge is 0.343 e. The summed E-state index contributed by atoms with van der Waals surface area (Å²) in [6.45, 7) is -0.254. The number of amides is 1. The molecule has 0 spiro atoms. The van der Waals surface area contributed by atoms with Crippen molar-refractivity contribution in [3.63, 3.8) is 0 Å². The molecule has 0 saturated carbocycles. The van der Waals surface area contributed by atoms with E-state index in [1.807, 2.05) is 6.07 Å². The van der Waals surface area contributed by atoms with Gasteiger partial charge in [0.25, 0.3) is 5.91 Å². The Morgan fingerprint density at radius 1 is 1.00 bits per heavy atom. The van der Waals surface area contributed by atoms with Gasteiger partial charge in [0.05, 0.1) is 20.7 Å². The zero-order valence-electron chi connectivity index (χ0n) is 16.2. The summed E-state index contributed by atoms with van der Waals surface area (Å²) in [5.41, 5.74) is 3.25. The molecule has 0 aliphatic carbocycles. The normalized spacial score (nSPS) is 10.8. The second-order valence-corrected chi connectivity index (χ2v) is 9.28. The lowest BCUT2D eigenvalue weighted by Gasteiger charge is -2.10. The molecule has 0 atom stereocenters. The Hall–Kier alpha value is -2.20. The van der Waals surface area contributed by atoms with E-state index in [1.54, 1.807) is 54.6 Å². The van der Waals surface area contributed by atoms with Gasteiger partial charge in [-0.05, 0) is 74.3 Å². The maximum Gasteiger partial charge on any atom is 0.343 e. The fraction of sp³-hybridized carbons (Fsp3) is 0.0455. The summed E-state index contributed by atoms with van der Waals surface area (Å²) in [5, 5.41) is 4.49. The van der Waals surface area contributed by atoms with E-state index in [9.17, 15) is 9.59 Å². The monoisotopic (exact) mass is 642 g/mol. The molecule has 0 heterocycles. The van der Waals surface area contributed by atoms with Gasteiger partial charge >= 0.3 is 5.97 Å². The van der Waals surface area contributed by atoms with Crippen molar-refractivity contribution in [3.05, 3.63) is 90.2 Å². The predicted molar refractivity (Wildman–Crippen MR) is 134 cm³/mol. The van der Waals surface area contributed by atoms with Crippen LogP contribution in [0.5, 0.6) is 11.5 Å². The molecule has 0 fully saturated rings. The number of carbonyl (C=O) groups excluding carboxylic acids is 2. The van der Waals surface area contributed by atoms with Crippen molar-refractivity contribution >= 4 is 77.5 Å². The number of benzene rings is 3. The van der Waals surface area contributed by atoms with Gasteiger partial charge in [-0.2, -0.15) is 5.10 Å². The third-order valence-corrected chi connectivity index (χ3v) is 5.79. The standard InChI is InChI=1S/C22H14Br3ClN2O4/c23-15-8-14(21(18(25)9-15)32-22(30)13-4-2-1-3-5-13)11-27-28-20(29)12-31-19-7-6-16(26)10-17(19)24/h1-11H,12H2,(H,28,29)/b27-11-. The number of hydrogen-bond donors (Lipinski definition) is 1. The van der Waals surface area contributed by atoms with E-state index >= 15 is 0 Å². The minimum Gasteiger partial charge on any atom is -0.483 e. The average molecular weight is 646 g/mol. The molecule has 3 aromatic rings. The maximum atomic E-state index is 12.5. The van der Waals surface area contributed by atoms with Gasteiger partial charge < -0.3 is 9.47 Å². The second-order valence-electron chi connectivity index (χ2n) is 6.22. The highest BCUT2D eigenvalue weighted by molar-refractivity contribution is 9.11. The highest BCUT2D eigenvalue weighted by Crippen LogP contribution is 2.33. The number of ether oxygens (including phenoxy) is 2. The molecule has 6 nitrogen and oxygen atoms in total. The topological polar surface area (TPSA) is 77.0 Å². The lowest BCUT2D eigenvalue weighted by molar-refractivity contribution is -0.123. The Labute approximate surface area is 214 Å². The van der Waals surface area contributed by atoms with Gasteiger partial charge in [0, 0.05) is 15.1 Å². The van der Waals surface area contributed by atoms with Crippen molar-refractivity contribution in [1.82, 2.24) is 5.43 Å². The molecule has 0 bridgehead atoms. The van der Waals surface area contributed by atoms with Crippen LogP contribution in [0, 0.1) is 0 Å². The van der Waals surface area contributed by atoms with E-state index in [2.05, 4.69) is 58.3 Å². The van der Waals surface area contributed by atoms with Crippen LogP contribution in [0.3, 0.4) is 0 Å². The van der Waals surface area contributed by atoms with Gasteiger partial charge in [0.1, 0.15) is 5.75 Å². The summed E-state index contributed by atoms with van der Waals surface area (Å²) < 4.78 is 12.9. The average Bonchev–Trinajstić information content (AvgIpc) is 2.76. The van der Waals surface area contributed by atoms with Crippen molar-refractivity contribution < 1.29 is 19.1 Å². The minimum atomic E-state index is -0.519. The first-order valence-corrected chi connectivity index (χ1v) is 11.7. The molecule has 1 N–H and O–H groups in total. The van der Waals surface area contributed by atoms with E-state index in [-0.39, 0.29) is 12.4 Å². The molecule has 1 amide bonds. The third kappa shape index (κ3) is 6.90. The molecule has 0 unspecified atom stereocenters. The number of halogens is 4. The molecule has 0 radical (unpaired) electrons. The van der Waals surface area contributed by atoms with Crippen molar-refractivity contribution in [2.75, 3.05) is 6.61 Å². The fourth-order valence-corrected chi connectivity index (χ4v) is 4.59. The van der Waals surface area contributed by atoms with Crippen LogP contribution in [0.1, 0.15) is 15.9 Å². The Kier molecular flexibility index (Phi) is 8.86. The molecule has 0 aliphatic heterocycles. The van der Waals surface area contributed by atoms with Crippen LogP contribution < -0.4 is 14.9 Å². The number of nitrogens with one attached hydrogen (secondary N) is 1. The highest BCUT2D eigenvalue weighted by Gasteiger charge is 2.15. The summed E-state index contributed by atoms with van der Waals surface area (Å²) in [5.74, 6) is -0.254. The van der Waals surface area contributed by atoms with E-state index in [4.69, 9.17) is 21.1 Å². The van der Waals surface area contributed by atoms with Gasteiger partial charge in [-0.15, -0.1) is 0 Å². The summed E-state index contributed by atoms with van der Waals surface area (Å²) in [6.07, 6.45) is 1.37. The van der Waals surface area contributed by atoms with Crippen molar-refractivity contribution in [2.24, 2.45) is 5.10 Å². The summed E-state index contributed by atoms with van der Waals surface area (Å²) in [4.78, 5) is 24.5. The molecule has 10 heteroatoms. The van der Waals surface area contributed by atoms with Crippen LogP contribution in [0.4, 0.5) is 0 Å². The highest BCUT2D eigenvalue weighted by atomic mass is 79.9. The van der Waals surface area contributed by atoms with Gasteiger partial charge in [-0.1, -0.05) is 45.7 Å². The van der Waals surface area contributed by atoms with Crippen molar-refractivity contribution in [1.29, 1.82) is 0 Å². The lowest BCUT2D eigenvalue weighted by Crippen LogP contribution is -2.24. The van der Waals surface area contributed by atoms with Crippen LogP contribution in [-0.4, -0.2) is 24.7 Å². The van der Waals surface area contributed by atoms with Gasteiger partial charge in [0.15, 0.2) is 12.4 Å². The first kappa shape index (κ1) is 24.4. The molecule has 0 aromatic heterocycles. The Bertz CT molecular complexity index is 1170. The number of nitrogens with zero attached hydrogens (tertiary/aromatic N) is 1. The summed E-state index contributed by atoms with van der Waals surface area (Å²) >= 11 is 16.0. The number of hydrazone groups is 1. The number of esters is 1.